The fourth-order valence-electron chi connectivity index (χ4n) is 3.91. The summed E-state index contributed by atoms with van der Waals surface area (Å²) < 4.78 is 10.5. The van der Waals surface area contributed by atoms with Gasteiger partial charge in [-0.05, 0) is 49.7 Å². The number of pyridine rings is 1. The molecule has 1 aromatic carbocycles. The number of esters is 1. The number of aryl methyl sites for hydroxylation is 2. The van der Waals surface area contributed by atoms with Crippen LogP contribution in [0, 0.1) is 13.8 Å². The first-order valence-corrected chi connectivity index (χ1v) is 11.2. The maximum Gasteiger partial charge on any atom is 0.351 e. The number of piperazine rings is 1. The SMILES string of the molecule is COc1ccc(N2CCN(C(=O)COC(=O)c3sc4nc(C)cc(C)c4c3N)CC2)cc1. The second-order valence-electron chi connectivity index (χ2n) is 7.75. The monoisotopic (exact) mass is 454 g/mol. The van der Waals surface area contributed by atoms with E-state index >= 15 is 0 Å². The van der Waals surface area contributed by atoms with Gasteiger partial charge in [-0.15, -0.1) is 11.3 Å². The zero-order valence-electron chi connectivity index (χ0n) is 18.4. The van der Waals surface area contributed by atoms with Gasteiger partial charge in [-0.3, -0.25) is 4.79 Å². The number of ether oxygens (including phenoxy) is 2. The van der Waals surface area contributed by atoms with E-state index in [9.17, 15) is 9.59 Å². The lowest BCUT2D eigenvalue weighted by atomic mass is 10.1. The number of amides is 1. The summed E-state index contributed by atoms with van der Waals surface area (Å²) in [4.78, 5) is 34.6. The maximum atomic E-state index is 12.6. The summed E-state index contributed by atoms with van der Waals surface area (Å²) in [6.07, 6.45) is 0. The van der Waals surface area contributed by atoms with Crippen molar-refractivity contribution >= 4 is 44.8 Å². The Morgan fingerprint density at radius 2 is 1.81 bits per heavy atom. The molecule has 0 bridgehead atoms. The molecule has 0 unspecified atom stereocenters. The minimum Gasteiger partial charge on any atom is -0.497 e. The highest BCUT2D eigenvalue weighted by Crippen LogP contribution is 2.35. The van der Waals surface area contributed by atoms with Gasteiger partial charge in [0, 0.05) is 42.9 Å². The minimum absolute atomic E-state index is 0.211. The van der Waals surface area contributed by atoms with Crippen LogP contribution in [0.25, 0.3) is 10.2 Å². The summed E-state index contributed by atoms with van der Waals surface area (Å²) in [5.41, 5.74) is 9.46. The third-order valence-electron chi connectivity index (χ3n) is 5.61. The molecule has 0 saturated carbocycles. The normalized spacial score (nSPS) is 14.0. The third-order valence-corrected chi connectivity index (χ3v) is 6.69. The fraction of sp³-hybridized carbons (Fsp3) is 0.348. The molecule has 1 aliphatic rings. The molecule has 0 radical (unpaired) electrons. The molecule has 168 valence electrons. The molecule has 0 spiro atoms. The number of carbonyl (C=O) groups excluding carboxylic acids is 2. The van der Waals surface area contributed by atoms with E-state index in [1.165, 1.54) is 11.3 Å². The number of aromatic nitrogens is 1. The van der Waals surface area contributed by atoms with Crippen LogP contribution < -0.4 is 15.4 Å². The highest BCUT2D eigenvalue weighted by Gasteiger charge is 2.24. The Morgan fingerprint density at radius 3 is 2.47 bits per heavy atom. The van der Waals surface area contributed by atoms with Crippen molar-refractivity contribution in [3.63, 3.8) is 0 Å². The van der Waals surface area contributed by atoms with Crippen LogP contribution in [-0.4, -0.2) is 61.7 Å². The molecule has 2 aromatic heterocycles. The number of thiophene rings is 1. The molecule has 9 heteroatoms. The lowest BCUT2D eigenvalue weighted by molar-refractivity contribution is -0.134. The zero-order valence-corrected chi connectivity index (χ0v) is 19.2. The first-order chi connectivity index (χ1) is 15.4. The van der Waals surface area contributed by atoms with Crippen molar-refractivity contribution in [3.8, 4) is 5.75 Å². The molecule has 1 amide bonds. The van der Waals surface area contributed by atoms with Gasteiger partial charge in [0.1, 0.15) is 15.5 Å². The summed E-state index contributed by atoms with van der Waals surface area (Å²) in [6, 6.07) is 9.78. The third kappa shape index (κ3) is 4.34. The molecule has 3 heterocycles. The van der Waals surface area contributed by atoms with Crippen LogP contribution in [0.5, 0.6) is 5.75 Å². The van der Waals surface area contributed by atoms with Gasteiger partial charge >= 0.3 is 5.97 Å². The summed E-state index contributed by atoms with van der Waals surface area (Å²) in [7, 11) is 1.64. The van der Waals surface area contributed by atoms with Crippen molar-refractivity contribution in [3.05, 3.63) is 46.5 Å². The van der Waals surface area contributed by atoms with E-state index in [4.69, 9.17) is 15.2 Å². The Hall–Kier alpha value is -3.33. The van der Waals surface area contributed by atoms with Gasteiger partial charge in [-0.25, -0.2) is 9.78 Å². The quantitative estimate of drug-likeness (QED) is 0.592. The molecule has 1 aliphatic heterocycles. The molecule has 32 heavy (non-hydrogen) atoms. The van der Waals surface area contributed by atoms with Gasteiger partial charge < -0.3 is 25.0 Å². The van der Waals surface area contributed by atoms with Gasteiger partial charge in [0.05, 0.1) is 12.8 Å². The Labute approximate surface area is 190 Å². The zero-order chi connectivity index (χ0) is 22.8. The van der Waals surface area contributed by atoms with Crippen LogP contribution in [0.2, 0.25) is 0 Å². The van der Waals surface area contributed by atoms with Crippen LogP contribution in [0.3, 0.4) is 0 Å². The van der Waals surface area contributed by atoms with Crippen LogP contribution in [0.4, 0.5) is 11.4 Å². The molecule has 1 fully saturated rings. The van der Waals surface area contributed by atoms with Crippen LogP contribution >= 0.6 is 11.3 Å². The van der Waals surface area contributed by atoms with E-state index in [0.717, 1.165) is 28.1 Å². The fourth-order valence-corrected chi connectivity index (χ4v) is 5.02. The van der Waals surface area contributed by atoms with Crippen LogP contribution in [0.15, 0.2) is 30.3 Å². The summed E-state index contributed by atoms with van der Waals surface area (Å²) in [5.74, 6) is 0.00932. The summed E-state index contributed by atoms with van der Waals surface area (Å²) in [6.45, 7) is 6.07. The van der Waals surface area contributed by atoms with Crippen LogP contribution in [-0.2, 0) is 9.53 Å². The molecule has 4 rings (SSSR count). The highest BCUT2D eigenvalue weighted by atomic mass is 32.1. The Kier molecular flexibility index (Phi) is 6.18. The molecule has 0 atom stereocenters. The van der Waals surface area contributed by atoms with E-state index in [0.29, 0.717) is 41.6 Å². The van der Waals surface area contributed by atoms with Crippen molar-refractivity contribution in [2.75, 3.05) is 50.5 Å². The number of methoxy groups -OCH3 is 1. The lowest BCUT2D eigenvalue weighted by Crippen LogP contribution is -2.49. The largest absolute Gasteiger partial charge is 0.497 e. The first kappa shape index (κ1) is 21.9. The second-order valence-corrected chi connectivity index (χ2v) is 8.75. The van der Waals surface area contributed by atoms with Crippen molar-refractivity contribution in [1.82, 2.24) is 9.88 Å². The highest BCUT2D eigenvalue weighted by molar-refractivity contribution is 7.21. The van der Waals surface area contributed by atoms with E-state index in [1.807, 2.05) is 44.2 Å². The van der Waals surface area contributed by atoms with E-state index in [2.05, 4.69) is 9.88 Å². The molecule has 3 aromatic rings. The average molecular weight is 455 g/mol. The first-order valence-electron chi connectivity index (χ1n) is 10.4. The standard InChI is InChI=1S/C23H26N4O4S/c1-14-12-15(2)25-22-19(14)20(24)21(32-22)23(29)31-13-18(28)27-10-8-26(9-11-27)16-4-6-17(30-3)7-5-16/h4-7,12H,8-11,13,24H2,1-3H3. The number of carbonyl (C=O) groups is 2. The summed E-state index contributed by atoms with van der Waals surface area (Å²) >= 11 is 1.20. The van der Waals surface area contributed by atoms with Crippen molar-refractivity contribution in [2.45, 2.75) is 13.8 Å². The van der Waals surface area contributed by atoms with E-state index < -0.39 is 5.97 Å². The summed E-state index contributed by atoms with van der Waals surface area (Å²) in [5, 5.41) is 0.772. The van der Waals surface area contributed by atoms with Crippen molar-refractivity contribution in [2.24, 2.45) is 0 Å². The smallest absolute Gasteiger partial charge is 0.351 e. The number of anilines is 2. The maximum absolute atomic E-state index is 12.6. The predicted octanol–water partition coefficient (Wildman–Crippen LogP) is 3.01. The predicted molar refractivity (Wildman–Crippen MR) is 126 cm³/mol. The van der Waals surface area contributed by atoms with Gasteiger partial charge in [-0.2, -0.15) is 0 Å². The average Bonchev–Trinajstić information content (AvgIpc) is 3.13. The number of rotatable bonds is 5. The second kappa shape index (κ2) is 9.04. The Bertz CT molecular complexity index is 1150. The number of nitrogen functional groups attached to an aromatic ring is 1. The minimum atomic E-state index is -0.590. The van der Waals surface area contributed by atoms with Gasteiger partial charge in [-0.1, -0.05) is 0 Å². The number of fused-ring (bicyclic) bond motifs is 1. The Morgan fingerprint density at radius 1 is 1.12 bits per heavy atom. The number of hydrogen-bond donors (Lipinski definition) is 1. The van der Waals surface area contributed by atoms with Crippen LogP contribution in [0.1, 0.15) is 20.9 Å². The Balaban J connectivity index is 1.33. The number of hydrogen-bond acceptors (Lipinski definition) is 8. The van der Waals surface area contributed by atoms with Gasteiger partial charge in [0.15, 0.2) is 6.61 Å². The van der Waals surface area contributed by atoms with E-state index in [-0.39, 0.29) is 12.5 Å². The molecule has 2 N–H and O–H groups in total. The molecule has 0 aliphatic carbocycles. The number of nitrogens with zero attached hydrogens (tertiary/aromatic N) is 3. The molecular formula is C23H26N4O4S. The number of benzene rings is 1. The molecular weight excluding hydrogens is 428 g/mol. The van der Waals surface area contributed by atoms with Crippen molar-refractivity contribution in [1.29, 1.82) is 0 Å². The van der Waals surface area contributed by atoms with Gasteiger partial charge in [0.2, 0.25) is 0 Å². The van der Waals surface area contributed by atoms with Gasteiger partial charge in [0.25, 0.3) is 5.91 Å². The van der Waals surface area contributed by atoms with Crippen molar-refractivity contribution < 1.29 is 19.1 Å². The molecule has 1 saturated heterocycles. The lowest BCUT2D eigenvalue weighted by Gasteiger charge is -2.36. The van der Waals surface area contributed by atoms with E-state index in [1.54, 1.807) is 12.0 Å². The number of nitrogens with two attached hydrogens (primary N) is 1. The molecule has 8 nitrogen and oxygen atoms in total. The topological polar surface area (TPSA) is 98.0 Å².